The van der Waals surface area contributed by atoms with E-state index in [-0.39, 0.29) is 11.1 Å². The van der Waals surface area contributed by atoms with E-state index < -0.39 is 5.82 Å². The molecule has 4 aromatic heterocycles. The van der Waals surface area contributed by atoms with E-state index in [1.807, 2.05) is 12.3 Å². The highest BCUT2D eigenvalue weighted by Crippen LogP contribution is 2.35. The molecule has 0 saturated carbocycles. The van der Waals surface area contributed by atoms with Crippen LogP contribution in [0.2, 0.25) is 0 Å². The van der Waals surface area contributed by atoms with Gasteiger partial charge in [-0.3, -0.25) is 0 Å². The number of nitrogens with one attached hydrogen (secondary N) is 1. The molecule has 0 spiro atoms. The first-order valence-electron chi connectivity index (χ1n) is 9.55. The van der Waals surface area contributed by atoms with Crippen molar-refractivity contribution < 1.29 is 4.39 Å². The second-order valence-corrected chi connectivity index (χ2v) is 8.03. The summed E-state index contributed by atoms with van der Waals surface area (Å²) in [4.78, 5) is 6.55. The smallest absolute Gasteiger partial charge is 0.155 e. The first-order valence-corrected chi connectivity index (χ1v) is 10.4. The maximum absolute atomic E-state index is 14.2. The van der Waals surface area contributed by atoms with Crippen LogP contribution in [0.4, 0.5) is 4.39 Å². The molecule has 1 aliphatic heterocycles. The predicted octanol–water partition coefficient (Wildman–Crippen LogP) is 3.07. The highest BCUT2D eigenvalue weighted by atomic mass is 32.2. The highest BCUT2D eigenvalue weighted by Gasteiger charge is 2.19. The van der Waals surface area contributed by atoms with Gasteiger partial charge in [-0.2, -0.15) is 25.4 Å². The van der Waals surface area contributed by atoms with E-state index in [0.717, 1.165) is 43.3 Å². The number of hydrogen-bond acceptors (Lipinski definition) is 7. The quantitative estimate of drug-likeness (QED) is 0.542. The van der Waals surface area contributed by atoms with Crippen molar-refractivity contribution in [3.63, 3.8) is 0 Å². The third kappa shape index (κ3) is 3.42. The Morgan fingerprint density at radius 2 is 2.23 bits per heavy atom. The molecule has 0 aromatic carbocycles. The van der Waals surface area contributed by atoms with Crippen LogP contribution in [0.5, 0.6) is 0 Å². The number of nitriles is 1. The predicted molar refractivity (Wildman–Crippen MR) is 108 cm³/mol. The summed E-state index contributed by atoms with van der Waals surface area (Å²) in [5.74, 6) is -0.417. The van der Waals surface area contributed by atoms with E-state index in [1.165, 1.54) is 18.5 Å². The minimum atomic E-state index is -0.417. The molecule has 1 N–H and O–H groups in total. The fraction of sp³-hybridized carbons (Fsp3) is 0.250. The fourth-order valence-electron chi connectivity index (χ4n) is 3.55. The number of hydrogen-bond donors (Lipinski definition) is 1. The molecule has 4 aromatic rings. The Morgan fingerprint density at radius 1 is 1.30 bits per heavy atom. The van der Waals surface area contributed by atoms with Gasteiger partial charge in [-0.05, 0) is 37.6 Å². The van der Waals surface area contributed by atoms with E-state index in [0.29, 0.717) is 21.7 Å². The summed E-state index contributed by atoms with van der Waals surface area (Å²) in [6.45, 7) is 1.87. The molecule has 5 heterocycles. The summed E-state index contributed by atoms with van der Waals surface area (Å²) in [6.07, 6.45) is 8.70. The van der Waals surface area contributed by atoms with Crippen molar-refractivity contribution in [3.8, 4) is 17.3 Å². The van der Waals surface area contributed by atoms with Crippen LogP contribution in [0.15, 0.2) is 52.9 Å². The van der Waals surface area contributed by atoms with Gasteiger partial charge in [0, 0.05) is 29.4 Å². The van der Waals surface area contributed by atoms with Crippen molar-refractivity contribution in [2.75, 3.05) is 13.1 Å². The number of aromatic nitrogens is 6. The number of nitrogens with zero attached hydrogens (tertiary/aromatic N) is 7. The Labute approximate surface area is 175 Å². The van der Waals surface area contributed by atoms with Gasteiger partial charge in [-0.1, -0.05) is 11.8 Å². The Kier molecular flexibility index (Phi) is 4.90. The third-order valence-electron chi connectivity index (χ3n) is 5.03. The van der Waals surface area contributed by atoms with Gasteiger partial charge < -0.3 is 5.32 Å². The molecule has 30 heavy (non-hydrogen) atoms. The lowest BCUT2D eigenvalue weighted by atomic mass is 10.1. The Bertz CT molecular complexity index is 1250. The zero-order chi connectivity index (χ0) is 20.5. The lowest BCUT2D eigenvalue weighted by molar-refractivity contribution is 0.318. The molecule has 1 aliphatic rings. The normalized spacial score (nSPS) is 16.6. The molecule has 0 amide bonds. The van der Waals surface area contributed by atoms with Gasteiger partial charge in [0.2, 0.25) is 0 Å². The second kappa shape index (κ2) is 7.85. The second-order valence-electron chi connectivity index (χ2n) is 7.00. The summed E-state index contributed by atoms with van der Waals surface area (Å²) >= 11 is 1.16. The molecule has 150 valence electrons. The summed E-state index contributed by atoms with van der Waals surface area (Å²) < 4.78 is 15.8. The van der Waals surface area contributed by atoms with Crippen LogP contribution in [0.3, 0.4) is 0 Å². The Balaban J connectivity index is 1.58. The largest absolute Gasteiger partial charge is 0.315 e. The first kappa shape index (κ1) is 18.7. The zero-order valence-corrected chi connectivity index (χ0v) is 16.7. The molecule has 10 heteroatoms. The van der Waals surface area contributed by atoms with E-state index in [2.05, 4.69) is 31.7 Å². The van der Waals surface area contributed by atoms with E-state index in [9.17, 15) is 9.65 Å². The fourth-order valence-corrected chi connectivity index (χ4v) is 4.52. The molecule has 5 rings (SSSR count). The van der Waals surface area contributed by atoms with Crippen LogP contribution in [0.25, 0.3) is 16.8 Å². The Morgan fingerprint density at radius 3 is 3.03 bits per heavy atom. The van der Waals surface area contributed by atoms with Crippen molar-refractivity contribution in [2.45, 2.75) is 28.8 Å². The van der Waals surface area contributed by atoms with Crippen LogP contribution in [-0.2, 0) is 0 Å². The van der Waals surface area contributed by atoms with Gasteiger partial charge >= 0.3 is 0 Å². The molecule has 0 aliphatic carbocycles. The zero-order valence-electron chi connectivity index (χ0n) is 15.9. The van der Waals surface area contributed by atoms with Crippen molar-refractivity contribution >= 4 is 17.3 Å². The number of fused-ring (bicyclic) bond motifs is 1. The van der Waals surface area contributed by atoms with Gasteiger partial charge in [0.1, 0.15) is 16.8 Å². The minimum Gasteiger partial charge on any atom is -0.315 e. The maximum Gasteiger partial charge on any atom is 0.155 e. The van der Waals surface area contributed by atoms with Gasteiger partial charge in [-0.25, -0.2) is 13.9 Å². The van der Waals surface area contributed by atoms with Gasteiger partial charge in [0.05, 0.1) is 29.5 Å². The molecular weight excluding hydrogens is 403 g/mol. The lowest BCUT2D eigenvalue weighted by Crippen LogP contribution is -2.32. The summed E-state index contributed by atoms with van der Waals surface area (Å²) in [5, 5.41) is 26.5. The van der Waals surface area contributed by atoms with E-state index in [4.69, 9.17) is 0 Å². The summed E-state index contributed by atoms with van der Waals surface area (Å²) in [7, 11) is 0. The third-order valence-corrected chi connectivity index (χ3v) is 6.06. The van der Waals surface area contributed by atoms with Gasteiger partial charge in [0.15, 0.2) is 5.82 Å². The van der Waals surface area contributed by atoms with Crippen molar-refractivity contribution in [1.82, 2.24) is 34.9 Å². The van der Waals surface area contributed by atoms with Crippen molar-refractivity contribution in [2.24, 2.45) is 0 Å². The monoisotopic (exact) mass is 420 g/mol. The molecule has 0 radical (unpaired) electrons. The van der Waals surface area contributed by atoms with Crippen LogP contribution < -0.4 is 5.32 Å². The highest BCUT2D eigenvalue weighted by molar-refractivity contribution is 7.99. The summed E-state index contributed by atoms with van der Waals surface area (Å²) in [6, 6.07) is 7.16. The lowest BCUT2D eigenvalue weighted by Gasteiger charge is -2.21. The average Bonchev–Trinajstić information content (AvgIpc) is 3.43. The van der Waals surface area contributed by atoms with Gasteiger partial charge in [-0.15, -0.1) is 0 Å². The molecular formula is C20H17FN8S. The molecule has 0 unspecified atom stereocenters. The average molecular weight is 420 g/mol. The topological polar surface area (TPSA) is 96.7 Å². The number of rotatable bonds is 4. The molecule has 1 saturated heterocycles. The standard InChI is InChI=1S/C20H17FN8S/c21-16-4-2-6-24-20(16)30-18-7-13(12-28-19(18)14(8-22)9-25-28)17-11-26-29(27-17)15-3-1-5-23-10-15/h2,4,6-7,9,11-12,15,23H,1,3,5,10H2/t15-/m0/s1. The number of halogens is 1. The van der Waals surface area contributed by atoms with Crippen molar-refractivity contribution in [3.05, 3.63) is 54.4 Å². The maximum atomic E-state index is 14.2. The SMILES string of the molecule is N#Cc1cnn2cc(-c3cnn([C@H]4CCCNC4)n3)cc(Sc3ncccc3F)c12. The first-order chi connectivity index (χ1) is 14.7. The molecule has 1 atom stereocenters. The number of piperidine rings is 1. The number of pyridine rings is 2. The minimum absolute atomic E-state index is 0.225. The van der Waals surface area contributed by atoms with Crippen molar-refractivity contribution in [1.29, 1.82) is 5.26 Å². The van der Waals surface area contributed by atoms with Crippen LogP contribution in [-0.4, -0.2) is 42.7 Å². The van der Waals surface area contributed by atoms with Crippen LogP contribution in [0.1, 0.15) is 24.4 Å². The molecule has 1 fully saturated rings. The molecule has 8 nitrogen and oxygen atoms in total. The Hall–Kier alpha value is -3.29. The van der Waals surface area contributed by atoms with E-state index in [1.54, 1.807) is 21.6 Å². The van der Waals surface area contributed by atoms with Gasteiger partial charge in [0.25, 0.3) is 0 Å². The van der Waals surface area contributed by atoms with Crippen LogP contribution >= 0.6 is 11.8 Å². The van der Waals surface area contributed by atoms with Crippen LogP contribution in [0, 0.1) is 17.1 Å². The summed E-state index contributed by atoms with van der Waals surface area (Å²) in [5.41, 5.74) is 2.50. The molecule has 0 bridgehead atoms. The van der Waals surface area contributed by atoms with E-state index >= 15 is 0 Å².